The number of hydrogen-bond acceptors (Lipinski definition) is 2. The first-order chi connectivity index (χ1) is 13.6. The molecule has 4 aromatic carbocycles. The summed E-state index contributed by atoms with van der Waals surface area (Å²) < 4.78 is 8.31. The summed E-state index contributed by atoms with van der Waals surface area (Å²) in [4.78, 5) is 0. The molecular formula is C26H22OS. The van der Waals surface area contributed by atoms with Gasteiger partial charge in [-0.05, 0) is 83.6 Å². The molecule has 0 radical (unpaired) electrons. The fourth-order valence-electron chi connectivity index (χ4n) is 4.50. The van der Waals surface area contributed by atoms with E-state index in [1.165, 1.54) is 58.8 Å². The van der Waals surface area contributed by atoms with E-state index < -0.39 is 0 Å². The van der Waals surface area contributed by atoms with Gasteiger partial charge in [0.2, 0.25) is 0 Å². The zero-order valence-electron chi connectivity index (χ0n) is 16.6. The van der Waals surface area contributed by atoms with Crippen LogP contribution in [0.15, 0.2) is 60.7 Å². The van der Waals surface area contributed by atoms with Crippen molar-refractivity contribution in [3.8, 4) is 16.9 Å². The molecule has 5 rings (SSSR count). The summed E-state index contributed by atoms with van der Waals surface area (Å²) in [7, 11) is 1.75. The minimum Gasteiger partial charge on any atom is -0.496 e. The van der Waals surface area contributed by atoms with Gasteiger partial charge in [0.15, 0.2) is 0 Å². The number of hydrogen-bond donors (Lipinski definition) is 0. The summed E-state index contributed by atoms with van der Waals surface area (Å²) in [6.45, 7) is 6.50. The maximum absolute atomic E-state index is 5.58. The largest absolute Gasteiger partial charge is 0.496 e. The van der Waals surface area contributed by atoms with Crippen molar-refractivity contribution >= 4 is 42.3 Å². The zero-order valence-corrected chi connectivity index (χ0v) is 17.4. The summed E-state index contributed by atoms with van der Waals surface area (Å²) in [5.74, 6) is 0.980. The van der Waals surface area contributed by atoms with Gasteiger partial charge in [-0.15, -0.1) is 11.3 Å². The highest BCUT2D eigenvalue weighted by Gasteiger charge is 2.15. The van der Waals surface area contributed by atoms with Crippen molar-refractivity contribution in [3.05, 3.63) is 77.4 Å². The van der Waals surface area contributed by atoms with Crippen molar-refractivity contribution in [2.45, 2.75) is 20.8 Å². The fourth-order valence-corrected chi connectivity index (χ4v) is 5.72. The van der Waals surface area contributed by atoms with E-state index in [2.05, 4.69) is 81.4 Å². The van der Waals surface area contributed by atoms with Crippen molar-refractivity contribution in [2.75, 3.05) is 7.11 Å². The van der Waals surface area contributed by atoms with Gasteiger partial charge in [0.05, 0.1) is 7.11 Å². The molecular weight excluding hydrogens is 360 g/mol. The molecule has 2 heteroatoms. The fraction of sp³-hybridized carbons (Fsp3) is 0.154. The molecule has 0 aliphatic heterocycles. The molecule has 0 aliphatic rings. The lowest BCUT2D eigenvalue weighted by Crippen LogP contribution is -1.92. The molecule has 0 spiro atoms. The highest BCUT2D eigenvalue weighted by molar-refractivity contribution is 7.26. The molecule has 0 aliphatic carbocycles. The van der Waals surface area contributed by atoms with Crippen LogP contribution in [0.1, 0.15) is 16.7 Å². The number of rotatable bonds is 2. The normalized spacial score (nSPS) is 11.6. The van der Waals surface area contributed by atoms with E-state index >= 15 is 0 Å². The molecule has 138 valence electrons. The Bertz CT molecular complexity index is 1350. The second kappa shape index (κ2) is 6.35. The molecule has 0 saturated carbocycles. The third-order valence-electron chi connectivity index (χ3n) is 5.73. The third-order valence-corrected chi connectivity index (χ3v) is 7.02. The average molecular weight is 383 g/mol. The van der Waals surface area contributed by atoms with Gasteiger partial charge in [0, 0.05) is 20.2 Å². The Balaban J connectivity index is 1.90. The molecule has 0 fully saturated rings. The second-order valence-electron chi connectivity index (χ2n) is 7.52. The van der Waals surface area contributed by atoms with Gasteiger partial charge in [-0.25, -0.2) is 0 Å². The zero-order chi connectivity index (χ0) is 19.4. The van der Waals surface area contributed by atoms with Crippen LogP contribution in [0.2, 0.25) is 0 Å². The molecule has 1 aromatic heterocycles. The molecule has 0 atom stereocenters. The lowest BCUT2D eigenvalue weighted by molar-refractivity contribution is 0.408. The SMILES string of the molecule is COc1c(C)cc(-c2cccc3sc4c(C)c5ccccc5cc4c23)cc1C. The summed E-state index contributed by atoms with van der Waals surface area (Å²) >= 11 is 1.90. The molecule has 5 aromatic rings. The van der Waals surface area contributed by atoms with Crippen molar-refractivity contribution in [1.82, 2.24) is 0 Å². The number of aryl methyl sites for hydroxylation is 3. The summed E-state index contributed by atoms with van der Waals surface area (Å²) in [5, 5.41) is 5.38. The van der Waals surface area contributed by atoms with E-state index in [4.69, 9.17) is 4.74 Å². The van der Waals surface area contributed by atoms with Crippen LogP contribution >= 0.6 is 11.3 Å². The Labute approximate surface area is 169 Å². The van der Waals surface area contributed by atoms with Crippen molar-refractivity contribution < 1.29 is 4.74 Å². The Kier molecular flexibility index (Phi) is 3.92. The van der Waals surface area contributed by atoms with E-state index in [1.807, 2.05) is 11.3 Å². The summed E-state index contributed by atoms with van der Waals surface area (Å²) in [6, 6.07) is 22.2. The van der Waals surface area contributed by atoms with Gasteiger partial charge < -0.3 is 4.74 Å². The van der Waals surface area contributed by atoms with Gasteiger partial charge in [-0.1, -0.05) is 36.4 Å². The molecule has 1 nitrogen and oxygen atoms in total. The minimum absolute atomic E-state index is 0.980. The number of benzene rings is 4. The average Bonchev–Trinajstić information content (AvgIpc) is 3.07. The van der Waals surface area contributed by atoms with Crippen LogP contribution in [0.3, 0.4) is 0 Å². The van der Waals surface area contributed by atoms with Gasteiger partial charge in [-0.2, -0.15) is 0 Å². The van der Waals surface area contributed by atoms with Gasteiger partial charge in [-0.3, -0.25) is 0 Å². The predicted molar refractivity (Wildman–Crippen MR) is 123 cm³/mol. The highest BCUT2D eigenvalue weighted by atomic mass is 32.1. The van der Waals surface area contributed by atoms with Crippen molar-refractivity contribution in [3.63, 3.8) is 0 Å². The van der Waals surface area contributed by atoms with Crippen LogP contribution in [0, 0.1) is 20.8 Å². The lowest BCUT2D eigenvalue weighted by Gasteiger charge is -2.13. The van der Waals surface area contributed by atoms with Crippen LogP contribution in [-0.4, -0.2) is 7.11 Å². The first-order valence-electron chi connectivity index (χ1n) is 9.57. The molecule has 0 unspecified atom stereocenters. The summed E-state index contributed by atoms with van der Waals surface area (Å²) in [6.07, 6.45) is 0. The predicted octanol–water partition coefficient (Wildman–Crippen LogP) is 7.81. The first-order valence-corrected chi connectivity index (χ1v) is 10.4. The number of ether oxygens (including phenoxy) is 1. The van der Waals surface area contributed by atoms with E-state index in [9.17, 15) is 0 Å². The molecule has 0 saturated heterocycles. The Morgan fingerprint density at radius 2 is 1.54 bits per heavy atom. The van der Waals surface area contributed by atoms with E-state index in [-0.39, 0.29) is 0 Å². The summed E-state index contributed by atoms with van der Waals surface area (Å²) in [5.41, 5.74) is 6.29. The topological polar surface area (TPSA) is 9.23 Å². The van der Waals surface area contributed by atoms with Gasteiger partial charge in [0.1, 0.15) is 5.75 Å². The molecule has 28 heavy (non-hydrogen) atoms. The van der Waals surface area contributed by atoms with Crippen LogP contribution in [0.5, 0.6) is 5.75 Å². The molecule has 0 N–H and O–H groups in total. The second-order valence-corrected chi connectivity index (χ2v) is 8.58. The Morgan fingerprint density at radius 3 is 2.29 bits per heavy atom. The Morgan fingerprint density at radius 1 is 0.786 bits per heavy atom. The first kappa shape index (κ1) is 17.3. The number of methoxy groups -OCH3 is 1. The standard InChI is InChI=1S/C26H22OS/c1-15-12-19(13-16(2)25(15)27-4)21-10-7-11-23-24(21)22-14-18-8-5-6-9-20(18)17(3)26(22)28-23/h5-14H,1-4H3. The number of thiophene rings is 1. The highest BCUT2D eigenvalue weighted by Crippen LogP contribution is 2.44. The molecule has 0 amide bonds. The minimum atomic E-state index is 0.980. The Hall–Kier alpha value is -2.84. The van der Waals surface area contributed by atoms with Gasteiger partial charge in [0.25, 0.3) is 0 Å². The van der Waals surface area contributed by atoms with E-state index in [0.29, 0.717) is 0 Å². The van der Waals surface area contributed by atoms with Gasteiger partial charge >= 0.3 is 0 Å². The van der Waals surface area contributed by atoms with Crippen LogP contribution in [0.25, 0.3) is 42.1 Å². The quantitative estimate of drug-likeness (QED) is 0.302. The van der Waals surface area contributed by atoms with E-state index in [1.54, 1.807) is 7.11 Å². The van der Waals surface area contributed by atoms with Crippen molar-refractivity contribution in [2.24, 2.45) is 0 Å². The number of fused-ring (bicyclic) bond motifs is 4. The third kappa shape index (κ3) is 2.45. The molecule has 1 heterocycles. The monoisotopic (exact) mass is 382 g/mol. The van der Waals surface area contributed by atoms with Crippen LogP contribution in [0.4, 0.5) is 0 Å². The van der Waals surface area contributed by atoms with Crippen LogP contribution < -0.4 is 4.74 Å². The lowest BCUT2D eigenvalue weighted by atomic mass is 9.94. The smallest absolute Gasteiger partial charge is 0.124 e. The van der Waals surface area contributed by atoms with E-state index in [0.717, 1.165) is 5.75 Å². The van der Waals surface area contributed by atoms with Crippen LogP contribution in [-0.2, 0) is 0 Å². The molecule has 0 bridgehead atoms. The maximum atomic E-state index is 5.58. The van der Waals surface area contributed by atoms with Crippen molar-refractivity contribution in [1.29, 1.82) is 0 Å². The maximum Gasteiger partial charge on any atom is 0.124 e.